The highest BCUT2D eigenvalue weighted by Gasteiger charge is 2.10. The van der Waals surface area contributed by atoms with E-state index in [1.165, 1.54) is 0 Å². The van der Waals surface area contributed by atoms with Crippen LogP contribution >= 0.6 is 46.4 Å². The van der Waals surface area contributed by atoms with Gasteiger partial charge in [0.05, 0.1) is 26.9 Å². The minimum absolute atomic E-state index is 0.291. The molecule has 0 radical (unpaired) electrons. The number of aliphatic hydroxyl groups is 1. The molecule has 0 heterocycles. The molecular weight excluding hydrogens is 340 g/mol. The third kappa shape index (κ3) is 3.94. The summed E-state index contributed by atoms with van der Waals surface area (Å²) >= 11 is 23.6. The number of hydrogen-bond donors (Lipinski definition) is 2. The standard InChI is InChI=1S/C14H11Cl4NO/c15-9-3-1-8(2-4-9)14(20)7-19-13-6-11(17)10(16)5-12(13)18/h1-6,14,19-20H,7H2. The SMILES string of the molecule is OC(CNc1cc(Cl)c(Cl)cc1Cl)c1ccc(Cl)cc1. The summed E-state index contributed by atoms with van der Waals surface area (Å²) in [4.78, 5) is 0. The van der Waals surface area contributed by atoms with Crippen molar-refractivity contribution in [3.63, 3.8) is 0 Å². The fourth-order valence-corrected chi connectivity index (χ4v) is 2.41. The van der Waals surface area contributed by atoms with Gasteiger partial charge in [-0.2, -0.15) is 0 Å². The van der Waals surface area contributed by atoms with E-state index in [1.54, 1.807) is 36.4 Å². The van der Waals surface area contributed by atoms with Crippen molar-refractivity contribution < 1.29 is 5.11 Å². The van der Waals surface area contributed by atoms with Crippen LogP contribution in [0.4, 0.5) is 5.69 Å². The van der Waals surface area contributed by atoms with Crippen LogP contribution in [0.3, 0.4) is 0 Å². The predicted octanol–water partition coefficient (Wildman–Crippen LogP) is 5.45. The van der Waals surface area contributed by atoms with E-state index in [9.17, 15) is 5.11 Å². The van der Waals surface area contributed by atoms with Gasteiger partial charge in [0.2, 0.25) is 0 Å². The predicted molar refractivity (Wildman–Crippen MR) is 86.4 cm³/mol. The normalized spacial score (nSPS) is 12.2. The molecule has 0 saturated carbocycles. The summed E-state index contributed by atoms with van der Waals surface area (Å²) in [5, 5.41) is 15.0. The Labute approximate surface area is 137 Å². The minimum Gasteiger partial charge on any atom is -0.387 e. The smallest absolute Gasteiger partial charge is 0.0962 e. The van der Waals surface area contributed by atoms with Gasteiger partial charge in [-0.05, 0) is 29.8 Å². The Morgan fingerprint density at radius 1 is 0.900 bits per heavy atom. The van der Waals surface area contributed by atoms with Crippen LogP contribution in [-0.2, 0) is 0 Å². The van der Waals surface area contributed by atoms with E-state index < -0.39 is 6.10 Å². The molecule has 2 aromatic carbocycles. The summed E-state index contributed by atoms with van der Waals surface area (Å²) < 4.78 is 0. The van der Waals surface area contributed by atoms with Gasteiger partial charge in [0.15, 0.2) is 0 Å². The molecule has 1 unspecified atom stereocenters. The first kappa shape index (κ1) is 15.7. The molecule has 2 rings (SSSR count). The van der Waals surface area contributed by atoms with Crippen LogP contribution < -0.4 is 5.32 Å². The molecule has 0 saturated heterocycles. The van der Waals surface area contributed by atoms with Gasteiger partial charge < -0.3 is 10.4 Å². The monoisotopic (exact) mass is 349 g/mol. The number of anilines is 1. The van der Waals surface area contributed by atoms with Crippen molar-refractivity contribution in [3.05, 3.63) is 62.1 Å². The second-order valence-electron chi connectivity index (χ2n) is 4.19. The van der Waals surface area contributed by atoms with Crippen molar-refractivity contribution in [3.8, 4) is 0 Å². The maximum absolute atomic E-state index is 10.1. The Morgan fingerprint density at radius 2 is 1.50 bits per heavy atom. The van der Waals surface area contributed by atoms with Gasteiger partial charge in [-0.1, -0.05) is 58.5 Å². The molecule has 2 nitrogen and oxygen atoms in total. The fourth-order valence-electron chi connectivity index (χ4n) is 1.67. The molecule has 0 bridgehead atoms. The minimum atomic E-state index is -0.683. The van der Waals surface area contributed by atoms with E-state index in [-0.39, 0.29) is 0 Å². The topological polar surface area (TPSA) is 32.3 Å². The Kier molecular flexibility index (Phi) is 5.42. The molecule has 0 aliphatic carbocycles. The summed E-state index contributed by atoms with van der Waals surface area (Å²) in [5.41, 5.74) is 1.38. The lowest BCUT2D eigenvalue weighted by molar-refractivity contribution is 0.191. The molecular formula is C14H11Cl4NO. The van der Waals surface area contributed by atoms with Crippen LogP contribution in [0.15, 0.2) is 36.4 Å². The van der Waals surface area contributed by atoms with Crippen LogP contribution in [0.25, 0.3) is 0 Å². The van der Waals surface area contributed by atoms with E-state index in [4.69, 9.17) is 46.4 Å². The van der Waals surface area contributed by atoms with Crippen LogP contribution in [0, 0.1) is 0 Å². The van der Waals surface area contributed by atoms with Crippen LogP contribution in [0.1, 0.15) is 11.7 Å². The maximum atomic E-state index is 10.1. The third-order valence-corrected chi connectivity index (χ3v) is 4.04. The number of benzene rings is 2. The van der Waals surface area contributed by atoms with E-state index in [0.717, 1.165) is 5.56 Å². The summed E-state index contributed by atoms with van der Waals surface area (Å²) in [6, 6.07) is 10.2. The summed E-state index contributed by atoms with van der Waals surface area (Å²) in [7, 11) is 0. The molecule has 0 aliphatic heterocycles. The van der Waals surface area contributed by atoms with Crippen LogP contribution in [-0.4, -0.2) is 11.7 Å². The molecule has 0 amide bonds. The number of nitrogens with one attached hydrogen (secondary N) is 1. The molecule has 0 aromatic heterocycles. The highest BCUT2D eigenvalue weighted by Crippen LogP contribution is 2.32. The van der Waals surface area contributed by atoms with E-state index in [1.807, 2.05) is 0 Å². The highest BCUT2D eigenvalue weighted by atomic mass is 35.5. The first-order chi connectivity index (χ1) is 9.47. The third-order valence-electron chi connectivity index (χ3n) is 2.75. The number of aliphatic hydroxyl groups excluding tert-OH is 1. The zero-order valence-corrected chi connectivity index (χ0v) is 13.2. The van der Waals surface area contributed by atoms with Crippen molar-refractivity contribution in [1.82, 2.24) is 0 Å². The van der Waals surface area contributed by atoms with E-state index in [0.29, 0.717) is 32.3 Å². The second-order valence-corrected chi connectivity index (χ2v) is 5.85. The molecule has 0 spiro atoms. The van der Waals surface area contributed by atoms with Crippen molar-refractivity contribution in [2.45, 2.75) is 6.10 Å². The first-order valence-electron chi connectivity index (χ1n) is 5.79. The fraction of sp³-hybridized carbons (Fsp3) is 0.143. The lowest BCUT2D eigenvalue weighted by Gasteiger charge is -2.14. The number of halogens is 4. The van der Waals surface area contributed by atoms with E-state index in [2.05, 4.69) is 5.32 Å². The van der Waals surface area contributed by atoms with E-state index >= 15 is 0 Å². The highest BCUT2D eigenvalue weighted by molar-refractivity contribution is 6.44. The Bertz CT molecular complexity index is 601. The summed E-state index contributed by atoms with van der Waals surface area (Å²) in [6.07, 6.45) is -0.683. The lowest BCUT2D eigenvalue weighted by atomic mass is 10.1. The van der Waals surface area contributed by atoms with Gasteiger partial charge in [-0.15, -0.1) is 0 Å². The summed E-state index contributed by atoms with van der Waals surface area (Å²) in [6.45, 7) is 0.291. The Balaban J connectivity index is 2.05. The molecule has 1 atom stereocenters. The first-order valence-corrected chi connectivity index (χ1v) is 7.30. The second kappa shape index (κ2) is 6.88. The molecule has 0 fully saturated rings. The zero-order valence-electron chi connectivity index (χ0n) is 10.2. The Hall–Kier alpha value is -0.640. The average molecular weight is 351 g/mol. The van der Waals surface area contributed by atoms with Crippen molar-refractivity contribution in [2.24, 2.45) is 0 Å². The van der Waals surface area contributed by atoms with Gasteiger partial charge in [-0.3, -0.25) is 0 Å². The number of hydrogen-bond acceptors (Lipinski definition) is 2. The molecule has 2 aromatic rings. The van der Waals surface area contributed by atoms with Gasteiger partial charge in [-0.25, -0.2) is 0 Å². The number of rotatable bonds is 4. The van der Waals surface area contributed by atoms with Crippen molar-refractivity contribution in [2.75, 3.05) is 11.9 Å². The maximum Gasteiger partial charge on any atom is 0.0962 e. The molecule has 106 valence electrons. The summed E-state index contributed by atoms with van der Waals surface area (Å²) in [5.74, 6) is 0. The molecule has 2 N–H and O–H groups in total. The largest absolute Gasteiger partial charge is 0.387 e. The van der Waals surface area contributed by atoms with Crippen molar-refractivity contribution >= 4 is 52.1 Å². The van der Waals surface area contributed by atoms with Crippen LogP contribution in [0.2, 0.25) is 20.1 Å². The average Bonchev–Trinajstić information content (AvgIpc) is 2.42. The molecule has 0 aliphatic rings. The van der Waals surface area contributed by atoms with Gasteiger partial charge in [0.25, 0.3) is 0 Å². The molecule has 6 heteroatoms. The Morgan fingerprint density at radius 3 is 2.15 bits per heavy atom. The van der Waals surface area contributed by atoms with Crippen LogP contribution in [0.5, 0.6) is 0 Å². The quantitative estimate of drug-likeness (QED) is 0.719. The van der Waals surface area contributed by atoms with Crippen molar-refractivity contribution in [1.29, 1.82) is 0 Å². The van der Waals surface area contributed by atoms with Gasteiger partial charge in [0.1, 0.15) is 0 Å². The zero-order chi connectivity index (χ0) is 14.7. The molecule has 20 heavy (non-hydrogen) atoms. The van der Waals surface area contributed by atoms with Gasteiger partial charge in [0, 0.05) is 11.6 Å². The lowest BCUT2D eigenvalue weighted by Crippen LogP contribution is -2.12. The van der Waals surface area contributed by atoms with Gasteiger partial charge >= 0.3 is 0 Å².